The van der Waals surface area contributed by atoms with E-state index in [-0.39, 0.29) is 39.2 Å². The Hall–Kier alpha value is -3.92. The average Bonchev–Trinajstić information content (AvgIpc) is 3.04. The molecule has 4 aromatic carbocycles. The third-order valence-corrected chi connectivity index (χ3v) is 10.0. The van der Waals surface area contributed by atoms with Gasteiger partial charge in [0.05, 0.1) is 20.6 Å². The SMILES string of the molecule is CCCCNC(=O)[C@@H](Cc1ccccc1)N(Cc1ccccc1F)C(=O)CN(c1ccc(Cl)c(Cl)c1)S(=O)(=O)c1ccc(C)cc1. The maximum atomic E-state index is 15.0. The largest absolute Gasteiger partial charge is 0.354 e. The highest BCUT2D eigenvalue weighted by atomic mass is 35.5. The van der Waals surface area contributed by atoms with Crippen LogP contribution in [0.4, 0.5) is 10.1 Å². The molecule has 0 aliphatic heterocycles. The number of sulfonamides is 1. The van der Waals surface area contributed by atoms with E-state index in [4.69, 9.17) is 23.2 Å². The summed E-state index contributed by atoms with van der Waals surface area (Å²) >= 11 is 12.4. The van der Waals surface area contributed by atoms with Crippen LogP contribution >= 0.6 is 23.2 Å². The van der Waals surface area contributed by atoms with Crippen molar-refractivity contribution in [3.05, 3.63) is 130 Å². The van der Waals surface area contributed by atoms with Crippen molar-refractivity contribution >= 4 is 50.7 Å². The van der Waals surface area contributed by atoms with E-state index in [0.717, 1.165) is 28.3 Å². The number of nitrogens with one attached hydrogen (secondary N) is 1. The van der Waals surface area contributed by atoms with E-state index in [1.54, 1.807) is 18.2 Å². The fourth-order valence-corrected chi connectivity index (χ4v) is 6.57. The van der Waals surface area contributed by atoms with E-state index in [1.807, 2.05) is 44.2 Å². The third kappa shape index (κ3) is 8.87. The molecule has 0 radical (unpaired) electrons. The van der Waals surface area contributed by atoms with Crippen molar-refractivity contribution in [1.82, 2.24) is 10.2 Å². The van der Waals surface area contributed by atoms with Gasteiger partial charge in [0.2, 0.25) is 11.8 Å². The van der Waals surface area contributed by atoms with Gasteiger partial charge in [-0.3, -0.25) is 13.9 Å². The zero-order valence-electron chi connectivity index (χ0n) is 25.6. The summed E-state index contributed by atoms with van der Waals surface area (Å²) in [5.74, 6) is -1.69. The molecule has 0 saturated carbocycles. The molecule has 11 heteroatoms. The van der Waals surface area contributed by atoms with Gasteiger partial charge in [0.25, 0.3) is 10.0 Å². The van der Waals surface area contributed by atoms with Crippen molar-refractivity contribution in [2.75, 3.05) is 17.4 Å². The summed E-state index contributed by atoms with van der Waals surface area (Å²) in [6.45, 7) is 3.24. The van der Waals surface area contributed by atoms with E-state index in [0.29, 0.717) is 6.54 Å². The normalized spacial score (nSPS) is 11.9. The molecular weight excluding hydrogens is 648 g/mol. The Morgan fingerprint density at radius 3 is 2.22 bits per heavy atom. The minimum atomic E-state index is -4.32. The number of aryl methyl sites for hydroxylation is 1. The lowest BCUT2D eigenvalue weighted by Gasteiger charge is -2.34. The minimum Gasteiger partial charge on any atom is -0.354 e. The number of carbonyl (C=O) groups is 2. The second-order valence-corrected chi connectivity index (χ2v) is 13.6. The Bertz CT molecular complexity index is 1760. The van der Waals surface area contributed by atoms with E-state index in [1.165, 1.54) is 53.4 Å². The van der Waals surface area contributed by atoms with Crippen LogP contribution in [-0.2, 0) is 32.6 Å². The predicted octanol–water partition coefficient (Wildman–Crippen LogP) is 7.19. The Balaban J connectivity index is 1.81. The zero-order chi connectivity index (χ0) is 33.3. The van der Waals surface area contributed by atoms with Gasteiger partial charge in [-0.2, -0.15) is 0 Å². The maximum Gasteiger partial charge on any atom is 0.264 e. The first-order valence-electron chi connectivity index (χ1n) is 14.9. The molecule has 2 amide bonds. The summed E-state index contributed by atoms with van der Waals surface area (Å²) in [6.07, 6.45) is 1.69. The molecule has 4 aromatic rings. The standard InChI is InChI=1S/C35H36Cl2FN3O4S/c1-3-4-20-39-35(43)33(21-26-10-6-5-7-11-26)40(23-27-12-8-9-13-32(27)38)34(42)24-41(28-16-19-30(36)31(37)22-28)46(44,45)29-17-14-25(2)15-18-29/h5-19,22,33H,3-4,20-21,23-24H2,1-2H3,(H,39,43)/t33-/m1/s1. The first kappa shape index (κ1) is 34.9. The van der Waals surface area contributed by atoms with E-state index < -0.39 is 40.2 Å². The molecule has 0 spiro atoms. The number of rotatable bonds is 14. The molecule has 242 valence electrons. The summed E-state index contributed by atoms with van der Waals surface area (Å²) in [5, 5.41) is 3.21. The summed E-state index contributed by atoms with van der Waals surface area (Å²) in [6, 6.07) is 24.5. The molecule has 1 N–H and O–H groups in total. The van der Waals surface area contributed by atoms with Crippen LogP contribution in [0.25, 0.3) is 0 Å². The van der Waals surface area contributed by atoms with Crippen LogP contribution in [0.2, 0.25) is 10.0 Å². The number of hydrogen-bond acceptors (Lipinski definition) is 4. The molecule has 0 bridgehead atoms. The highest BCUT2D eigenvalue weighted by Gasteiger charge is 2.35. The fourth-order valence-electron chi connectivity index (χ4n) is 4.88. The highest BCUT2D eigenvalue weighted by Crippen LogP contribution is 2.31. The molecule has 4 rings (SSSR count). The quantitative estimate of drug-likeness (QED) is 0.143. The molecule has 1 atom stereocenters. The lowest BCUT2D eigenvalue weighted by Crippen LogP contribution is -2.53. The molecule has 0 fully saturated rings. The topological polar surface area (TPSA) is 86.8 Å². The Labute approximate surface area is 280 Å². The van der Waals surface area contributed by atoms with E-state index in [9.17, 15) is 18.0 Å². The highest BCUT2D eigenvalue weighted by molar-refractivity contribution is 7.92. The van der Waals surface area contributed by atoms with Crippen LogP contribution in [0.15, 0.2) is 102 Å². The van der Waals surface area contributed by atoms with Gasteiger partial charge in [-0.1, -0.05) is 103 Å². The van der Waals surface area contributed by atoms with Crippen LogP contribution in [0.5, 0.6) is 0 Å². The minimum absolute atomic E-state index is 0.0456. The van der Waals surface area contributed by atoms with Crippen LogP contribution in [0, 0.1) is 12.7 Å². The first-order valence-corrected chi connectivity index (χ1v) is 17.1. The number of benzene rings is 4. The van der Waals surface area contributed by atoms with Gasteiger partial charge < -0.3 is 10.2 Å². The summed E-state index contributed by atoms with van der Waals surface area (Å²) in [4.78, 5) is 29.4. The number of amides is 2. The number of hydrogen-bond donors (Lipinski definition) is 1. The third-order valence-electron chi connectivity index (χ3n) is 7.48. The van der Waals surface area contributed by atoms with E-state index in [2.05, 4.69) is 5.32 Å². The molecule has 0 aliphatic rings. The Morgan fingerprint density at radius 2 is 1.57 bits per heavy atom. The molecule has 46 heavy (non-hydrogen) atoms. The lowest BCUT2D eigenvalue weighted by atomic mass is 10.0. The molecular formula is C35H36Cl2FN3O4S. The number of halogens is 3. The number of carbonyl (C=O) groups excluding carboxylic acids is 2. The summed E-state index contributed by atoms with van der Waals surface area (Å²) in [7, 11) is -4.32. The second-order valence-electron chi connectivity index (χ2n) is 10.9. The average molecular weight is 685 g/mol. The molecule has 7 nitrogen and oxygen atoms in total. The Kier molecular flexibility index (Phi) is 12.2. The molecule has 0 aromatic heterocycles. The van der Waals surface area contributed by atoms with Crippen molar-refractivity contribution in [2.24, 2.45) is 0 Å². The fraction of sp³-hybridized carbons (Fsp3) is 0.257. The van der Waals surface area contributed by atoms with E-state index >= 15 is 4.39 Å². The van der Waals surface area contributed by atoms with Gasteiger partial charge in [0.15, 0.2) is 0 Å². The maximum absolute atomic E-state index is 15.0. The van der Waals surface area contributed by atoms with Crippen LogP contribution < -0.4 is 9.62 Å². The second kappa shape index (κ2) is 16.1. The molecule has 0 unspecified atom stereocenters. The number of anilines is 1. The van der Waals surface area contributed by atoms with Crippen molar-refractivity contribution in [3.63, 3.8) is 0 Å². The van der Waals surface area contributed by atoms with Gasteiger partial charge in [-0.25, -0.2) is 12.8 Å². The monoisotopic (exact) mass is 683 g/mol. The number of unbranched alkanes of at least 4 members (excludes halogenated alkanes) is 1. The number of nitrogens with zero attached hydrogens (tertiary/aromatic N) is 2. The van der Waals surface area contributed by atoms with Gasteiger partial charge in [-0.05, 0) is 55.3 Å². The van der Waals surface area contributed by atoms with Gasteiger partial charge in [0, 0.05) is 25.1 Å². The van der Waals surface area contributed by atoms with Gasteiger partial charge >= 0.3 is 0 Å². The summed E-state index contributed by atoms with van der Waals surface area (Å²) < 4.78 is 44.2. The van der Waals surface area contributed by atoms with Crippen LogP contribution in [0.3, 0.4) is 0 Å². The predicted molar refractivity (Wildman–Crippen MR) is 181 cm³/mol. The van der Waals surface area contributed by atoms with Crippen LogP contribution in [0.1, 0.15) is 36.5 Å². The molecule has 0 aliphatic carbocycles. The Morgan fingerprint density at radius 1 is 0.891 bits per heavy atom. The summed E-state index contributed by atoms with van der Waals surface area (Å²) in [5.41, 5.74) is 1.90. The molecule has 0 heterocycles. The first-order chi connectivity index (χ1) is 22.0. The van der Waals surface area contributed by atoms with Crippen molar-refractivity contribution in [1.29, 1.82) is 0 Å². The smallest absolute Gasteiger partial charge is 0.264 e. The molecule has 0 saturated heterocycles. The van der Waals surface area contributed by atoms with Crippen LogP contribution in [-0.4, -0.2) is 44.3 Å². The lowest BCUT2D eigenvalue weighted by molar-refractivity contribution is -0.140. The van der Waals surface area contributed by atoms with Crippen molar-refractivity contribution in [3.8, 4) is 0 Å². The van der Waals surface area contributed by atoms with Gasteiger partial charge in [-0.15, -0.1) is 0 Å². The van der Waals surface area contributed by atoms with Crippen molar-refractivity contribution < 1.29 is 22.4 Å². The van der Waals surface area contributed by atoms with Gasteiger partial charge in [0.1, 0.15) is 18.4 Å². The van der Waals surface area contributed by atoms with Crippen molar-refractivity contribution in [2.45, 2.75) is 50.6 Å². The zero-order valence-corrected chi connectivity index (χ0v) is 28.0.